The molecule has 0 aliphatic carbocycles. The zero-order chi connectivity index (χ0) is 16.1. The van der Waals surface area contributed by atoms with Crippen LogP contribution in [0, 0.1) is 0 Å². The summed E-state index contributed by atoms with van der Waals surface area (Å²) in [6.07, 6.45) is -1.25. The summed E-state index contributed by atoms with van der Waals surface area (Å²) < 4.78 is 10.3. The molecule has 22 heavy (non-hydrogen) atoms. The first-order valence-electron chi connectivity index (χ1n) is 6.74. The van der Waals surface area contributed by atoms with Crippen molar-refractivity contribution in [2.45, 2.75) is 11.9 Å². The molecule has 2 rings (SSSR count). The molecule has 0 bridgehead atoms. The Kier molecular flexibility index (Phi) is 5.46. The molecule has 0 saturated heterocycles. The third-order valence-electron chi connectivity index (χ3n) is 3.39. The molecule has 1 N–H and O–H groups in total. The lowest BCUT2D eigenvalue weighted by atomic mass is 9.99. The second kappa shape index (κ2) is 7.33. The first kappa shape index (κ1) is 16.4. The molecule has 1 atom stereocenters. The minimum Gasteiger partial charge on any atom is -0.493 e. The lowest BCUT2D eigenvalue weighted by Crippen LogP contribution is -2.12. The van der Waals surface area contributed by atoms with Crippen molar-refractivity contribution in [1.29, 1.82) is 0 Å². The quantitative estimate of drug-likeness (QED) is 0.635. The fraction of sp³-hybridized carbons (Fsp3) is 0.235. The molecule has 2 aromatic rings. The van der Waals surface area contributed by atoms with Crippen LogP contribution in [-0.2, 0) is 5.75 Å². The number of rotatable bonds is 6. The highest BCUT2D eigenvalue weighted by atomic mass is 32.1. The largest absolute Gasteiger partial charge is 0.493 e. The molecule has 0 aliphatic rings. The number of ether oxygens (including phenoxy) is 2. The predicted octanol–water partition coefficient (Wildman–Crippen LogP) is 3.05. The minimum atomic E-state index is -1.25. The van der Waals surface area contributed by atoms with Gasteiger partial charge in [-0.15, -0.1) is 0 Å². The van der Waals surface area contributed by atoms with Gasteiger partial charge in [-0.3, -0.25) is 4.79 Å². The van der Waals surface area contributed by atoms with E-state index in [-0.39, 0.29) is 5.78 Å². The normalized spacial score (nSPS) is 11.8. The van der Waals surface area contributed by atoms with Crippen LogP contribution in [0.4, 0.5) is 0 Å². The number of carbonyl (C=O) groups is 1. The number of carbonyl (C=O) groups excluding carboxylic acids is 1. The zero-order valence-corrected chi connectivity index (χ0v) is 13.3. The average molecular weight is 318 g/mol. The zero-order valence-electron chi connectivity index (χ0n) is 12.4. The fourth-order valence-electron chi connectivity index (χ4n) is 2.11. The summed E-state index contributed by atoms with van der Waals surface area (Å²) in [6, 6.07) is 11.9. The fourth-order valence-corrected chi connectivity index (χ4v) is 2.32. The third kappa shape index (κ3) is 3.43. The number of aliphatic hydroxyl groups excluding tert-OH is 1. The molecule has 0 fully saturated rings. The van der Waals surface area contributed by atoms with Gasteiger partial charge in [-0.05, 0) is 23.3 Å². The first-order chi connectivity index (χ1) is 10.6. The maximum atomic E-state index is 12.4. The molecule has 1 unspecified atom stereocenters. The highest BCUT2D eigenvalue weighted by Gasteiger charge is 2.20. The standard InChI is InChI=1S/C17H18O4S/c1-20-14-8-7-13(9-15(14)21-2)17(19)16(18)12-5-3-11(10-22)4-6-12/h3-9,17,19,22H,10H2,1-2H3. The number of hydrogen-bond donors (Lipinski definition) is 2. The lowest BCUT2D eigenvalue weighted by molar-refractivity contribution is 0.0747. The Labute approximate surface area is 135 Å². The van der Waals surface area contributed by atoms with Crippen molar-refractivity contribution in [1.82, 2.24) is 0 Å². The Balaban J connectivity index is 2.26. The summed E-state index contributed by atoms with van der Waals surface area (Å²) in [7, 11) is 3.04. The van der Waals surface area contributed by atoms with E-state index in [1.54, 1.807) is 30.3 Å². The second-order valence-corrected chi connectivity index (χ2v) is 5.05. The maximum Gasteiger partial charge on any atom is 0.195 e. The van der Waals surface area contributed by atoms with E-state index in [1.165, 1.54) is 14.2 Å². The van der Waals surface area contributed by atoms with Crippen molar-refractivity contribution >= 4 is 18.4 Å². The van der Waals surface area contributed by atoms with E-state index in [1.807, 2.05) is 12.1 Å². The topological polar surface area (TPSA) is 55.8 Å². The highest BCUT2D eigenvalue weighted by molar-refractivity contribution is 7.79. The molecular formula is C17H18O4S. The van der Waals surface area contributed by atoms with Crippen LogP contribution in [0.5, 0.6) is 11.5 Å². The van der Waals surface area contributed by atoms with Crippen LogP contribution >= 0.6 is 12.6 Å². The summed E-state index contributed by atoms with van der Waals surface area (Å²) in [4.78, 5) is 12.4. The van der Waals surface area contributed by atoms with Gasteiger partial charge in [0.25, 0.3) is 0 Å². The highest BCUT2D eigenvalue weighted by Crippen LogP contribution is 2.31. The summed E-state index contributed by atoms with van der Waals surface area (Å²) >= 11 is 4.17. The van der Waals surface area contributed by atoms with Gasteiger partial charge in [0, 0.05) is 11.3 Å². The molecule has 0 spiro atoms. The summed E-state index contributed by atoms with van der Waals surface area (Å²) in [5, 5.41) is 10.3. The molecule has 4 nitrogen and oxygen atoms in total. The van der Waals surface area contributed by atoms with Gasteiger partial charge in [0.15, 0.2) is 17.3 Å². The van der Waals surface area contributed by atoms with E-state index in [2.05, 4.69) is 12.6 Å². The third-order valence-corrected chi connectivity index (χ3v) is 3.76. The van der Waals surface area contributed by atoms with Crippen LogP contribution in [-0.4, -0.2) is 25.1 Å². The number of Topliss-reactive ketones (excluding diaryl/α,β-unsaturated/α-hetero) is 1. The van der Waals surface area contributed by atoms with Crippen molar-refractivity contribution in [3.8, 4) is 11.5 Å². The van der Waals surface area contributed by atoms with Crippen LogP contribution in [0.3, 0.4) is 0 Å². The van der Waals surface area contributed by atoms with Crippen LogP contribution < -0.4 is 9.47 Å². The van der Waals surface area contributed by atoms with E-state index in [0.29, 0.717) is 28.4 Å². The van der Waals surface area contributed by atoms with Crippen molar-refractivity contribution in [3.63, 3.8) is 0 Å². The van der Waals surface area contributed by atoms with Crippen LogP contribution in [0.2, 0.25) is 0 Å². The van der Waals surface area contributed by atoms with Gasteiger partial charge in [0.05, 0.1) is 14.2 Å². The van der Waals surface area contributed by atoms with Crippen LogP contribution in [0.25, 0.3) is 0 Å². The minimum absolute atomic E-state index is 0.363. The van der Waals surface area contributed by atoms with E-state index in [9.17, 15) is 9.90 Å². The maximum absolute atomic E-state index is 12.4. The number of aliphatic hydroxyl groups is 1. The molecule has 0 heterocycles. The molecule has 0 saturated carbocycles. The van der Waals surface area contributed by atoms with Gasteiger partial charge in [-0.25, -0.2) is 0 Å². The van der Waals surface area contributed by atoms with Gasteiger partial charge in [-0.2, -0.15) is 12.6 Å². The monoisotopic (exact) mass is 318 g/mol. The van der Waals surface area contributed by atoms with Gasteiger partial charge < -0.3 is 14.6 Å². The summed E-state index contributed by atoms with van der Waals surface area (Å²) in [5.41, 5.74) is 1.93. The van der Waals surface area contributed by atoms with Crippen molar-refractivity contribution in [2.24, 2.45) is 0 Å². The van der Waals surface area contributed by atoms with E-state index in [0.717, 1.165) is 5.56 Å². The van der Waals surface area contributed by atoms with Crippen molar-refractivity contribution in [2.75, 3.05) is 14.2 Å². The molecule has 0 aromatic heterocycles. The van der Waals surface area contributed by atoms with E-state index < -0.39 is 6.10 Å². The first-order valence-corrected chi connectivity index (χ1v) is 7.38. The summed E-state index contributed by atoms with van der Waals surface area (Å²) in [5.74, 6) is 1.26. The molecule has 116 valence electrons. The number of methoxy groups -OCH3 is 2. The van der Waals surface area contributed by atoms with Crippen LogP contribution in [0.1, 0.15) is 27.6 Å². The van der Waals surface area contributed by atoms with Gasteiger partial charge in [0.1, 0.15) is 6.10 Å². The second-order valence-electron chi connectivity index (χ2n) is 4.74. The lowest BCUT2D eigenvalue weighted by Gasteiger charge is -2.13. The van der Waals surface area contributed by atoms with Gasteiger partial charge in [-0.1, -0.05) is 30.3 Å². The Hall–Kier alpha value is -1.98. The number of thiol groups is 1. The molecule has 2 aromatic carbocycles. The molecule has 0 aliphatic heterocycles. The Morgan fingerprint density at radius 3 is 2.27 bits per heavy atom. The number of hydrogen-bond acceptors (Lipinski definition) is 5. The predicted molar refractivity (Wildman–Crippen MR) is 88.0 cm³/mol. The molecule has 0 amide bonds. The Morgan fingerprint density at radius 1 is 1.09 bits per heavy atom. The van der Waals surface area contributed by atoms with Gasteiger partial charge in [0.2, 0.25) is 0 Å². The van der Waals surface area contributed by atoms with Crippen molar-refractivity contribution < 1.29 is 19.4 Å². The van der Waals surface area contributed by atoms with Gasteiger partial charge >= 0.3 is 0 Å². The number of ketones is 1. The number of benzene rings is 2. The Morgan fingerprint density at radius 2 is 1.73 bits per heavy atom. The summed E-state index contributed by atoms with van der Waals surface area (Å²) in [6.45, 7) is 0. The smallest absolute Gasteiger partial charge is 0.195 e. The van der Waals surface area contributed by atoms with E-state index in [4.69, 9.17) is 9.47 Å². The molecule has 0 radical (unpaired) electrons. The Bertz CT molecular complexity index is 652. The SMILES string of the molecule is COc1ccc(C(O)C(=O)c2ccc(CS)cc2)cc1OC. The van der Waals surface area contributed by atoms with E-state index >= 15 is 0 Å². The van der Waals surface area contributed by atoms with Crippen LogP contribution in [0.15, 0.2) is 42.5 Å². The molecular weight excluding hydrogens is 300 g/mol. The average Bonchev–Trinajstić information content (AvgIpc) is 2.59. The van der Waals surface area contributed by atoms with Crippen molar-refractivity contribution in [3.05, 3.63) is 59.2 Å². The molecule has 5 heteroatoms.